The molecule has 1 aromatic heterocycles. The van der Waals surface area contributed by atoms with Gasteiger partial charge >= 0.3 is 6.03 Å². The SMILES string of the molecule is CN1CC(N(C)C(=O)Nc2cc(Oc3ccc(NC(=S)NC(=O)Cc4ccc(F)cc4)cc3F)ncn2)C1. The number of carbonyl (C=O) groups excluding carboxylic acids is 2. The molecule has 0 radical (unpaired) electrons. The maximum absolute atomic E-state index is 14.7. The molecule has 0 saturated carbocycles. The van der Waals surface area contributed by atoms with Gasteiger partial charge < -0.3 is 25.2 Å². The topological polar surface area (TPSA) is 112 Å². The smallest absolute Gasteiger partial charge is 0.323 e. The Morgan fingerprint density at radius 1 is 1.11 bits per heavy atom. The van der Waals surface area contributed by atoms with E-state index in [0.717, 1.165) is 19.2 Å². The van der Waals surface area contributed by atoms with Crippen molar-refractivity contribution in [3.05, 3.63) is 72.1 Å². The van der Waals surface area contributed by atoms with Gasteiger partial charge in [0.1, 0.15) is 18.0 Å². The van der Waals surface area contributed by atoms with Gasteiger partial charge in [-0.25, -0.2) is 23.5 Å². The summed E-state index contributed by atoms with van der Waals surface area (Å²) >= 11 is 5.12. The highest BCUT2D eigenvalue weighted by Gasteiger charge is 2.30. The van der Waals surface area contributed by atoms with Crippen molar-refractivity contribution in [2.45, 2.75) is 12.5 Å². The average molecular weight is 542 g/mol. The molecule has 0 spiro atoms. The largest absolute Gasteiger partial charge is 0.436 e. The van der Waals surface area contributed by atoms with E-state index in [0.29, 0.717) is 5.56 Å². The third-order valence-corrected chi connectivity index (χ3v) is 5.93. The second-order valence-electron chi connectivity index (χ2n) is 8.71. The minimum Gasteiger partial charge on any atom is -0.436 e. The first-order valence-corrected chi connectivity index (χ1v) is 11.9. The van der Waals surface area contributed by atoms with Gasteiger partial charge in [0.2, 0.25) is 11.8 Å². The Kier molecular flexibility index (Phi) is 8.38. The molecule has 0 atom stereocenters. The van der Waals surface area contributed by atoms with Gasteiger partial charge in [0.05, 0.1) is 12.5 Å². The summed E-state index contributed by atoms with van der Waals surface area (Å²) in [5.41, 5.74) is 0.896. The molecule has 1 saturated heterocycles. The van der Waals surface area contributed by atoms with E-state index in [-0.39, 0.29) is 46.7 Å². The number of ether oxygens (including phenoxy) is 1. The number of likely N-dealkylation sites (N-methyl/N-ethyl adjacent to an activating group) is 2. The van der Waals surface area contributed by atoms with Crippen LogP contribution in [0.3, 0.4) is 0 Å². The number of halogens is 2. The summed E-state index contributed by atoms with van der Waals surface area (Å²) < 4.78 is 33.2. The number of aromatic nitrogens is 2. The lowest BCUT2D eigenvalue weighted by molar-refractivity contribution is -0.119. The molecule has 2 heterocycles. The number of hydrogen-bond acceptors (Lipinski definition) is 7. The lowest BCUT2D eigenvalue weighted by Crippen LogP contribution is -2.58. The molecule has 2 aromatic carbocycles. The van der Waals surface area contributed by atoms with Crippen LogP contribution in [0.1, 0.15) is 5.56 Å². The van der Waals surface area contributed by atoms with Crippen LogP contribution in [-0.4, -0.2) is 70.0 Å². The molecule has 198 valence electrons. The summed E-state index contributed by atoms with van der Waals surface area (Å²) in [5.74, 6) is -1.40. The van der Waals surface area contributed by atoms with E-state index >= 15 is 0 Å². The molecule has 0 bridgehead atoms. The number of hydrogen-bond donors (Lipinski definition) is 3. The normalized spacial score (nSPS) is 13.3. The molecule has 38 heavy (non-hydrogen) atoms. The third-order valence-electron chi connectivity index (χ3n) is 5.73. The van der Waals surface area contributed by atoms with Crippen LogP contribution in [0.15, 0.2) is 54.9 Å². The number of nitrogens with zero attached hydrogens (tertiary/aromatic N) is 4. The quantitative estimate of drug-likeness (QED) is 0.391. The van der Waals surface area contributed by atoms with Gasteiger partial charge in [0.25, 0.3) is 0 Å². The molecule has 13 heteroatoms. The van der Waals surface area contributed by atoms with E-state index in [1.165, 1.54) is 48.8 Å². The number of carbonyl (C=O) groups is 2. The van der Waals surface area contributed by atoms with Crippen molar-refractivity contribution in [1.29, 1.82) is 0 Å². The predicted octanol–water partition coefficient (Wildman–Crippen LogP) is 3.38. The Balaban J connectivity index is 1.30. The van der Waals surface area contributed by atoms with Gasteiger partial charge in [0, 0.05) is 38.0 Å². The van der Waals surface area contributed by atoms with Crippen molar-refractivity contribution < 1.29 is 23.1 Å². The van der Waals surface area contributed by atoms with Crippen LogP contribution in [0, 0.1) is 11.6 Å². The Labute approximate surface area is 223 Å². The van der Waals surface area contributed by atoms with E-state index in [2.05, 4.69) is 30.8 Å². The molecule has 4 rings (SSSR count). The van der Waals surface area contributed by atoms with Crippen LogP contribution in [0.4, 0.5) is 25.1 Å². The summed E-state index contributed by atoms with van der Waals surface area (Å²) in [6.45, 7) is 1.58. The monoisotopic (exact) mass is 541 g/mol. The van der Waals surface area contributed by atoms with Crippen molar-refractivity contribution in [3.63, 3.8) is 0 Å². The molecule has 1 aliphatic heterocycles. The van der Waals surface area contributed by atoms with Crippen molar-refractivity contribution in [3.8, 4) is 11.6 Å². The Bertz CT molecular complexity index is 1340. The maximum Gasteiger partial charge on any atom is 0.323 e. The van der Waals surface area contributed by atoms with Crippen LogP contribution < -0.4 is 20.7 Å². The van der Waals surface area contributed by atoms with Gasteiger partial charge in [-0.15, -0.1) is 0 Å². The predicted molar refractivity (Wildman–Crippen MR) is 141 cm³/mol. The fourth-order valence-electron chi connectivity index (χ4n) is 3.63. The number of rotatable bonds is 7. The van der Waals surface area contributed by atoms with Gasteiger partial charge in [-0.3, -0.25) is 10.1 Å². The first kappa shape index (κ1) is 26.8. The minimum absolute atomic E-state index is 0.00116. The summed E-state index contributed by atoms with van der Waals surface area (Å²) in [4.78, 5) is 36.3. The number of anilines is 2. The molecule has 1 fully saturated rings. The van der Waals surface area contributed by atoms with Crippen LogP contribution in [0.25, 0.3) is 0 Å². The van der Waals surface area contributed by atoms with Crippen LogP contribution >= 0.6 is 12.2 Å². The number of amides is 3. The molecule has 3 aromatic rings. The van der Waals surface area contributed by atoms with Crippen LogP contribution in [0.5, 0.6) is 11.6 Å². The minimum atomic E-state index is -0.714. The van der Waals surface area contributed by atoms with Gasteiger partial charge in [-0.1, -0.05) is 12.1 Å². The fraction of sp³-hybridized carbons (Fsp3) is 0.240. The highest BCUT2D eigenvalue weighted by molar-refractivity contribution is 7.80. The van der Waals surface area contributed by atoms with Crippen molar-refractivity contribution in [2.24, 2.45) is 0 Å². The van der Waals surface area contributed by atoms with Gasteiger partial charge in [-0.05, 0) is 49.1 Å². The van der Waals surface area contributed by atoms with Gasteiger partial charge in [0.15, 0.2) is 16.7 Å². The molecule has 0 aliphatic carbocycles. The molecular weight excluding hydrogens is 516 g/mol. The van der Waals surface area contributed by atoms with E-state index in [1.54, 1.807) is 11.9 Å². The maximum atomic E-state index is 14.7. The second kappa shape index (κ2) is 11.9. The molecule has 1 aliphatic rings. The zero-order valence-corrected chi connectivity index (χ0v) is 21.4. The summed E-state index contributed by atoms with van der Waals surface area (Å²) in [6.07, 6.45) is 1.20. The highest BCUT2D eigenvalue weighted by atomic mass is 32.1. The fourth-order valence-corrected chi connectivity index (χ4v) is 3.86. The summed E-state index contributed by atoms with van der Waals surface area (Å²) in [5, 5.41) is 7.86. The number of benzene rings is 2. The molecule has 3 amide bonds. The standard InChI is InChI=1S/C25H25F2N7O3S/c1-33-12-18(13-33)34(2)25(36)31-21-11-23(29-14-28-21)37-20-8-7-17(10-19(20)27)30-24(38)32-22(35)9-15-3-5-16(26)6-4-15/h3-8,10-11,14,18H,9,12-13H2,1-2H3,(H,28,29,31,36)(H2,30,32,35,38). The average Bonchev–Trinajstić information content (AvgIpc) is 2.85. The first-order chi connectivity index (χ1) is 18.2. The van der Waals surface area contributed by atoms with Crippen molar-refractivity contribution in [1.82, 2.24) is 25.1 Å². The van der Waals surface area contributed by atoms with Crippen molar-refractivity contribution in [2.75, 3.05) is 37.8 Å². The van der Waals surface area contributed by atoms with E-state index in [4.69, 9.17) is 17.0 Å². The number of thiocarbonyl (C=S) groups is 1. The lowest BCUT2D eigenvalue weighted by atomic mass is 10.1. The zero-order valence-electron chi connectivity index (χ0n) is 20.6. The highest BCUT2D eigenvalue weighted by Crippen LogP contribution is 2.26. The van der Waals surface area contributed by atoms with Crippen molar-refractivity contribution >= 4 is 40.8 Å². The Hall–Kier alpha value is -4.23. The van der Waals surface area contributed by atoms with E-state index < -0.39 is 17.5 Å². The molecule has 10 nitrogen and oxygen atoms in total. The molecule has 3 N–H and O–H groups in total. The summed E-state index contributed by atoms with van der Waals surface area (Å²) in [7, 11) is 3.68. The van der Waals surface area contributed by atoms with Crippen LogP contribution in [-0.2, 0) is 11.2 Å². The van der Waals surface area contributed by atoms with E-state index in [9.17, 15) is 18.4 Å². The Morgan fingerprint density at radius 2 is 1.84 bits per heavy atom. The first-order valence-electron chi connectivity index (χ1n) is 11.5. The Morgan fingerprint density at radius 3 is 2.53 bits per heavy atom. The second-order valence-corrected chi connectivity index (χ2v) is 9.12. The zero-order chi connectivity index (χ0) is 27.2. The number of likely N-dealkylation sites (tertiary alicyclic amines) is 1. The summed E-state index contributed by atoms with van der Waals surface area (Å²) in [6, 6.07) is 10.7. The van der Waals surface area contributed by atoms with E-state index in [1.807, 2.05) is 7.05 Å². The van der Waals surface area contributed by atoms with Crippen LogP contribution in [0.2, 0.25) is 0 Å². The third kappa shape index (κ3) is 7.17. The lowest BCUT2D eigenvalue weighted by Gasteiger charge is -2.41. The van der Waals surface area contributed by atoms with Gasteiger partial charge in [-0.2, -0.15) is 0 Å². The number of nitrogens with one attached hydrogen (secondary N) is 3. The number of urea groups is 1. The molecule has 0 unspecified atom stereocenters. The molecular formula is C25H25F2N7O3S.